The van der Waals surface area contributed by atoms with E-state index in [4.69, 9.17) is 4.74 Å². The van der Waals surface area contributed by atoms with Crippen molar-refractivity contribution in [2.45, 2.75) is 32.7 Å². The summed E-state index contributed by atoms with van der Waals surface area (Å²) in [6.45, 7) is 6.22. The van der Waals surface area contributed by atoms with Crippen LogP contribution in [-0.2, 0) is 9.59 Å². The molecule has 5 heteroatoms. The number of hydrogen-bond donors (Lipinski definition) is 1. The van der Waals surface area contributed by atoms with E-state index < -0.39 is 5.54 Å². The van der Waals surface area contributed by atoms with Crippen LogP contribution in [0.25, 0.3) is 0 Å². The summed E-state index contributed by atoms with van der Waals surface area (Å²) in [7, 11) is 0. The van der Waals surface area contributed by atoms with Gasteiger partial charge in [0, 0.05) is 5.69 Å². The number of benzene rings is 1. The van der Waals surface area contributed by atoms with Crippen molar-refractivity contribution in [3.8, 4) is 5.75 Å². The second kappa shape index (κ2) is 5.53. The number of anilines is 1. The number of nitrogens with zero attached hydrogens (tertiary/aromatic N) is 1. The molecule has 2 amide bonds. The van der Waals surface area contributed by atoms with E-state index in [9.17, 15) is 9.59 Å². The molecule has 1 aromatic rings. The first-order valence-electron chi connectivity index (χ1n) is 6.86. The molecule has 1 N–H and O–H groups in total. The lowest BCUT2D eigenvalue weighted by molar-refractivity contribution is -0.135. The van der Waals surface area contributed by atoms with E-state index in [-0.39, 0.29) is 18.4 Å². The maximum Gasteiger partial charge on any atom is 0.252 e. The molecule has 0 aliphatic carbocycles. The Morgan fingerprint density at radius 1 is 1.25 bits per heavy atom. The van der Waals surface area contributed by atoms with Gasteiger partial charge >= 0.3 is 0 Å². The fraction of sp³-hybridized carbons (Fsp3) is 0.467. The highest BCUT2D eigenvalue weighted by Gasteiger charge is 2.42. The van der Waals surface area contributed by atoms with Gasteiger partial charge in [-0.1, -0.05) is 6.92 Å². The summed E-state index contributed by atoms with van der Waals surface area (Å²) in [6.07, 6.45) is 0.561. The first-order valence-corrected chi connectivity index (χ1v) is 6.86. The maximum atomic E-state index is 12.5. The van der Waals surface area contributed by atoms with Gasteiger partial charge in [0.25, 0.3) is 5.91 Å². The molecule has 1 unspecified atom stereocenters. The molecule has 1 atom stereocenters. The molecule has 2 rings (SSSR count). The zero-order valence-electron chi connectivity index (χ0n) is 12.1. The second-order valence-electron chi connectivity index (χ2n) is 5.05. The van der Waals surface area contributed by atoms with Gasteiger partial charge in [-0.05, 0) is 44.5 Å². The molecule has 1 aliphatic rings. The number of hydrogen-bond acceptors (Lipinski definition) is 3. The Morgan fingerprint density at radius 3 is 2.45 bits per heavy atom. The van der Waals surface area contributed by atoms with E-state index in [2.05, 4.69) is 5.32 Å². The van der Waals surface area contributed by atoms with Gasteiger partial charge in [-0.25, -0.2) is 0 Å². The number of rotatable bonds is 4. The first-order chi connectivity index (χ1) is 9.50. The molecular weight excluding hydrogens is 256 g/mol. The van der Waals surface area contributed by atoms with Crippen molar-refractivity contribution in [1.82, 2.24) is 5.32 Å². The van der Waals surface area contributed by atoms with Crippen LogP contribution < -0.4 is 15.0 Å². The highest BCUT2D eigenvalue weighted by Crippen LogP contribution is 2.25. The number of ether oxygens (including phenoxy) is 1. The molecule has 108 valence electrons. The Hall–Kier alpha value is -2.04. The fourth-order valence-electron chi connectivity index (χ4n) is 2.25. The Bertz CT molecular complexity index is 512. The average molecular weight is 276 g/mol. The summed E-state index contributed by atoms with van der Waals surface area (Å²) in [6, 6.07) is 7.22. The lowest BCUT2D eigenvalue weighted by Crippen LogP contribution is -2.65. The number of nitrogens with one attached hydrogen (secondary N) is 1. The van der Waals surface area contributed by atoms with Crippen LogP contribution in [-0.4, -0.2) is 30.5 Å². The Kier molecular flexibility index (Phi) is 3.97. The Morgan fingerprint density at radius 2 is 1.90 bits per heavy atom. The largest absolute Gasteiger partial charge is 0.494 e. The minimum atomic E-state index is -0.825. The quantitative estimate of drug-likeness (QED) is 0.911. The van der Waals surface area contributed by atoms with Crippen molar-refractivity contribution >= 4 is 17.5 Å². The molecule has 1 heterocycles. The molecule has 0 radical (unpaired) electrons. The average Bonchev–Trinajstić information content (AvgIpc) is 2.44. The summed E-state index contributed by atoms with van der Waals surface area (Å²) in [5.41, 5.74) is -0.110. The van der Waals surface area contributed by atoms with Gasteiger partial charge in [-0.15, -0.1) is 0 Å². The molecule has 0 saturated carbocycles. The highest BCUT2D eigenvalue weighted by molar-refractivity contribution is 6.08. The third kappa shape index (κ3) is 2.61. The van der Waals surface area contributed by atoms with Gasteiger partial charge in [0.1, 0.15) is 17.8 Å². The predicted molar refractivity (Wildman–Crippen MR) is 76.8 cm³/mol. The van der Waals surface area contributed by atoms with E-state index >= 15 is 0 Å². The number of amides is 2. The zero-order chi connectivity index (χ0) is 14.8. The second-order valence-corrected chi connectivity index (χ2v) is 5.05. The lowest BCUT2D eigenvalue weighted by Gasteiger charge is -2.39. The summed E-state index contributed by atoms with van der Waals surface area (Å²) >= 11 is 0. The van der Waals surface area contributed by atoms with E-state index in [1.165, 1.54) is 4.90 Å². The third-order valence-corrected chi connectivity index (χ3v) is 3.60. The van der Waals surface area contributed by atoms with Crippen LogP contribution in [0, 0.1) is 0 Å². The van der Waals surface area contributed by atoms with E-state index in [0.717, 1.165) is 5.75 Å². The van der Waals surface area contributed by atoms with Crippen LogP contribution in [0.5, 0.6) is 5.75 Å². The lowest BCUT2D eigenvalue weighted by atomic mass is 9.94. The standard InChI is InChI=1S/C15H20N2O3/c1-4-15(3)14(19)17(10-13(18)16-15)11-6-8-12(9-7-11)20-5-2/h6-9H,4-5,10H2,1-3H3,(H,16,18). The third-order valence-electron chi connectivity index (χ3n) is 3.60. The summed E-state index contributed by atoms with van der Waals surface area (Å²) in [4.78, 5) is 25.8. The first kappa shape index (κ1) is 14.4. The molecule has 1 aliphatic heterocycles. The molecule has 1 aromatic carbocycles. The highest BCUT2D eigenvalue weighted by atomic mass is 16.5. The van der Waals surface area contributed by atoms with Crippen molar-refractivity contribution in [3.05, 3.63) is 24.3 Å². The molecule has 20 heavy (non-hydrogen) atoms. The van der Waals surface area contributed by atoms with Crippen molar-refractivity contribution in [2.75, 3.05) is 18.1 Å². The van der Waals surface area contributed by atoms with Crippen LogP contribution >= 0.6 is 0 Å². The van der Waals surface area contributed by atoms with Gasteiger partial charge < -0.3 is 15.0 Å². The molecular formula is C15H20N2O3. The summed E-state index contributed by atoms with van der Waals surface area (Å²) < 4.78 is 5.38. The monoisotopic (exact) mass is 276 g/mol. The van der Waals surface area contributed by atoms with Crippen molar-refractivity contribution in [3.63, 3.8) is 0 Å². The van der Waals surface area contributed by atoms with Gasteiger partial charge in [-0.2, -0.15) is 0 Å². The predicted octanol–water partition coefficient (Wildman–Crippen LogP) is 1.72. The normalized spacial score (nSPS) is 22.6. The molecule has 0 bridgehead atoms. The van der Waals surface area contributed by atoms with Gasteiger partial charge in [0.2, 0.25) is 5.91 Å². The van der Waals surface area contributed by atoms with Gasteiger partial charge in [0.05, 0.1) is 6.61 Å². The smallest absolute Gasteiger partial charge is 0.252 e. The Labute approximate surface area is 118 Å². The van der Waals surface area contributed by atoms with Crippen LogP contribution in [0.3, 0.4) is 0 Å². The maximum absolute atomic E-state index is 12.5. The van der Waals surface area contributed by atoms with E-state index in [1.807, 2.05) is 26.0 Å². The van der Waals surface area contributed by atoms with Crippen molar-refractivity contribution < 1.29 is 14.3 Å². The Balaban J connectivity index is 2.26. The van der Waals surface area contributed by atoms with E-state index in [0.29, 0.717) is 18.7 Å². The van der Waals surface area contributed by atoms with Gasteiger partial charge in [-0.3, -0.25) is 9.59 Å². The van der Waals surface area contributed by atoms with E-state index in [1.54, 1.807) is 19.1 Å². The van der Waals surface area contributed by atoms with Crippen molar-refractivity contribution in [2.24, 2.45) is 0 Å². The SMILES string of the molecule is CCOc1ccc(N2CC(=O)NC(C)(CC)C2=O)cc1. The number of carbonyl (C=O) groups is 2. The van der Waals surface area contributed by atoms with Crippen LogP contribution in [0.1, 0.15) is 27.2 Å². The van der Waals surface area contributed by atoms with Gasteiger partial charge in [0.15, 0.2) is 0 Å². The minimum Gasteiger partial charge on any atom is -0.494 e. The molecule has 0 aromatic heterocycles. The van der Waals surface area contributed by atoms with Crippen LogP contribution in [0.4, 0.5) is 5.69 Å². The summed E-state index contributed by atoms with van der Waals surface area (Å²) in [5.74, 6) is 0.537. The molecule has 5 nitrogen and oxygen atoms in total. The number of carbonyl (C=O) groups excluding carboxylic acids is 2. The molecule has 1 fully saturated rings. The molecule has 1 saturated heterocycles. The minimum absolute atomic E-state index is 0.0579. The van der Waals surface area contributed by atoms with Crippen LogP contribution in [0.2, 0.25) is 0 Å². The van der Waals surface area contributed by atoms with Crippen molar-refractivity contribution in [1.29, 1.82) is 0 Å². The number of piperazine rings is 1. The summed E-state index contributed by atoms with van der Waals surface area (Å²) in [5, 5.41) is 2.77. The zero-order valence-corrected chi connectivity index (χ0v) is 12.1. The molecule has 0 spiro atoms. The topological polar surface area (TPSA) is 58.6 Å². The fourth-order valence-corrected chi connectivity index (χ4v) is 2.25. The van der Waals surface area contributed by atoms with Crippen LogP contribution in [0.15, 0.2) is 24.3 Å².